The Bertz CT molecular complexity index is 130. The first-order chi connectivity index (χ1) is 4.34. The molecule has 0 aliphatic heterocycles. The quantitative estimate of drug-likeness (QED) is 0.507. The third kappa shape index (κ3) is 4.45. The molecular weight excluding hydrogens is 222 g/mol. The second-order valence-corrected chi connectivity index (χ2v) is 4.23. The molecule has 0 aliphatic rings. The molecule has 0 saturated carbocycles. The van der Waals surface area contributed by atoms with Crippen molar-refractivity contribution in [2.45, 2.75) is 16.3 Å². The number of hydrogen-bond acceptors (Lipinski definition) is 2. The second-order valence-electron chi connectivity index (χ2n) is 1.47. The maximum Gasteiger partial charge on any atom is 0.304 e. The van der Waals surface area contributed by atoms with Gasteiger partial charge in [-0.1, -0.05) is 46.4 Å². The first-order valence-electron chi connectivity index (χ1n) is 2.22. The Labute approximate surface area is 78.3 Å². The SMILES string of the molecule is CC(=O)OC(Cl)C(Cl)(Cl)Cl. The third-order valence-electron chi connectivity index (χ3n) is 0.527. The van der Waals surface area contributed by atoms with Crippen LogP contribution in [0.1, 0.15) is 6.92 Å². The summed E-state index contributed by atoms with van der Waals surface area (Å²) in [5.41, 5.74) is -1.24. The zero-order chi connectivity index (χ0) is 8.36. The highest BCUT2D eigenvalue weighted by Crippen LogP contribution is 2.34. The van der Waals surface area contributed by atoms with Gasteiger partial charge < -0.3 is 4.74 Å². The summed E-state index contributed by atoms with van der Waals surface area (Å²) in [6.07, 6.45) is 0. The van der Waals surface area contributed by atoms with Crippen LogP contribution in [0, 0.1) is 0 Å². The maximum atomic E-state index is 10.2. The third-order valence-corrected chi connectivity index (χ3v) is 1.87. The minimum atomic E-state index is -1.77. The fourth-order valence-corrected chi connectivity index (χ4v) is 0.472. The lowest BCUT2D eigenvalue weighted by molar-refractivity contribution is -0.142. The van der Waals surface area contributed by atoms with Gasteiger partial charge in [0, 0.05) is 6.92 Å². The normalized spacial score (nSPS) is 14.5. The molecule has 0 radical (unpaired) electrons. The molecule has 0 aromatic heterocycles. The molecule has 0 aliphatic carbocycles. The van der Waals surface area contributed by atoms with Gasteiger partial charge in [-0.2, -0.15) is 0 Å². The van der Waals surface area contributed by atoms with Crippen molar-refractivity contribution < 1.29 is 9.53 Å². The van der Waals surface area contributed by atoms with E-state index in [-0.39, 0.29) is 0 Å². The van der Waals surface area contributed by atoms with Gasteiger partial charge in [0.05, 0.1) is 0 Å². The predicted octanol–water partition coefficient (Wildman–Crippen LogP) is 2.48. The molecule has 0 bridgehead atoms. The minimum Gasteiger partial charge on any atom is -0.441 e. The smallest absolute Gasteiger partial charge is 0.304 e. The summed E-state index contributed by atoms with van der Waals surface area (Å²) in [7, 11) is 0. The van der Waals surface area contributed by atoms with Crippen molar-refractivity contribution in [1.29, 1.82) is 0 Å². The van der Waals surface area contributed by atoms with Crippen molar-refractivity contribution in [3.63, 3.8) is 0 Å². The van der Waals surface area contributed by atoms with Gasteiger partial charge in [0.25, 0.3) is 0 Å². The molecule has 0 rings (SSSR count). The molecule has 10 heavy (non-hydrogen) atoms. The molecule has 0 amide bonds. The van der Waals surface area contributed by atoms with Crippen LogP contribution >= 0.6 is 46.4 Å². The predicted molar refractivity (Wildman–Crippen MR) is 41.7 cm³/mol. The molecule has 2 nitrogen and oxygen atoms in total. The van der Waals surface area contributed by atoms with E-state index in [1.54, 1.807) is 0 Å². The van der Waals surface area contributed by atoms with Crippen molar-refractivity contribution in [3.8, 4) is 0 Å². The number of carbonyl (C=O) groups excluding carboxylic acids is 1. The number of alkyl halides is 4. The zero-order valence-electron chi connectivity index (χ0n) is 4.91. The Balaban J connectivity index is 3.85. The summed E-state index contributed by atoms with van der Waals surface area (Å²) in [6.45, 7) is 1.17. The van der Waals surface area contributed by atoms with Crippen LogP contribution < -0.4 is 0 Å². The van der Waals surface area contributed by atoms with Gasteiger partial charge in [0.1, 0.15) is 0 Å². The van der Waals surface area contributed by atoms with Crippen molar-refractivity contribution in [2.24, 2.45) is 0 Å². The second kappa shape index (κ2) is 3.86. The summed E-state index contributed by atoms with van der Waals surface area (Å²) in [5.74, 6) is -0.591. The number of ether oxygens (including phenoxy) is 1. The van der Waals surface area contributed by atoms with Crippen molar-refractivity contribution >= 4 is 52.4 Å². The molecule has 1 unspecified atom stereocenters. The first kappa shape index (κ1) is 10.6. The summed E-state index contributed by atoms with van der Waals surface area (Å²) in [4.78, 5) is 10.2. The van der Waals surface area contributed by atoms with Gasteiger partial charge >= 0.3 is 5.97 Å². The molecule has 0 aromatic rings. The molecule has 0 spiro atoms. The van der Waals surface area contributed by atoms with Gasteiger partial charge in [-0.25, -0.2) is 0 Å². The summed E-state index contributed by atoms with van der Waals surface area (Å²) in [5, 5.41) is 0. The fourth-order valence-electron chi connectivity index (χ4n) is 0.213. The Morgan fingerprint density at radius 3 is 2.00 bits per heavy atom. The lowest BCUT2D eigenvalue weighted by Crippen LogP contribution is -2.24. The lowest BCUT2D eigenvalue weighted by Gasteiger charge is -2.16. The van der Waals surface area contributed by atoms with Gasteiger partial charge in [-0.05, 0) is 0 Å². The van der Waals surface area contributed by atoms with E-state index in [9.17, 15) is 4.79 Å². The number of esters is 1. The molecule has 1 atom stereocenters. The molecule has 60 valence electrons. The van der Waals surface area contributed by atoms with Crippen LogP contribution in [0.25, 0.3) is 0 Å². The Hall–Kier alpha value is 0.630. The van der Waals surface area contributed by atoms with E-state index in [1.807, 2.05) is 0 Å². The summed E-state index contributed by atoms with van der Waals surface area (Å²) >= 11 is 21.1. The maximum absolute atomic E-state index is 10.2. The summed E-state index contributed by atoms with van der Waals surface area (Å²) < 4.78 is 2.57. The van der Waals surface area contributed by atoms with E-state index in [1.165, 1.54) is 6.92 Å². The van der Waals surface area contributed by atoms with Crippen LogP contribution in [0.15, 0.2) is 0 Å². The molecule has 0 N–H and O–H groups in total. The minimum absolute atomic E-state index is 0.591. The summed E-state index contributed by atoms with van der Waals surface area (Å²) in [6, 6.07) is 0. The average Bonchev–Trinajstić information content (AvgIpc) is 1.60. The van der Waals surface area contributed by atoms with E-state index in [0.717, 1.165) is 0 Å². The molecule has 0 fully saturated rings. The molecule has 0 saturated heterocycles. The fraction of sp³-hybridized carbons (Fsp3) is 0.750. The lowest BCUT2D eigenvalue weighted by atomic mass is 10.7. The van der Waals surface area contributed by atoms with Crippen LogP contribution in [-0.2, 0) is 9.53 Å². The van der Waals surface area contributed by atoms with Crippen LogP contribution in [-0.4, -0.2) is 15.3 Å². The van der Waals surface area contributed by atoms with Crippen molar-refractivity contribution in [1.82, 2.24) is 0 Å². The Kier molecular flexibility index (Phi) is 4.10. The van der Waals surface area contributed by atoms with Crippen LogP contribution in [0.2, 0.25) is 0 Å². The molecular formula is C4H4Cl4O2. The van der Waals surface area contributed by atoms with Gasteiger partial charge in [-0.3, -0.25) is 4.79 Å². The first-order valence-corrected chi connectivity index (χ1v) is 3.79. The highest BCUT2D eigenvalue weighted by atomic mass is 35.6. The van der Waals surface area contributed by atoms with Crippen LogP contribution in [0.5, 0.6) is 0 Å². The van der Waals surface area contributed by atoms with Gasteiger partial charge in [0.2, 0.25) is 9.36 Å². The molecule has 6 heteroatoms. The highest BCUT2D eigenvalue weighted by Gasteiger charge is 2.33. The zero-order valence-corrected chi connectivity index (χ0v) is 7.93. The number of hydrogen-bond donors (Lipinski definition) is 0. The Morgan fingerprint density at radius 2 is 1.90 bits per heavy atom. The van der Waals surface area contributed by atoms with Crippen LogP contribution in [0.3, 0.4) is 0 Å². The van der Waals surface area contributed by atoms with E-state index in [2.05, 4.69) is 4.74 Å². The molecule has 0 heterocycles. The Morgan fingerprint density at radius 1 is 1.50 bits per heavy atom. The van der Waals surface area contributed by atoms with Crippen LogP contribution in [0.4, 0.5) is 0 Å². The largest absolute Gasteiger partial charge is 0.441 e. The van der Waals surface area contributed by atoms with Crippen molar-refractivity contribution in [3.05, 3.63) is 0 Å². The van der Waals surface area contributed by atoms with E-state index in [4.69, 9.17) is 46.4 Å². The highest BCUT2D eigenvalue weighted by molar-refractivity contribution is 6.70. The topological polar surface area (TPSA) is 26.3 Å². The number of halogens is 4. The number of rotatable bonds is 1. The van der Waals surface area contributed by atoms with E-state index < -0.39 is 15.3 Å². The van der Waals surface area contributed by atoms with E-state index >= 15 is 0 Å². The average molecular weight is 226 g/mol. The van der Waals surface area contributed by atoms with Gasteiger partial charge in [0.15, 0.2) is 0 Å². The van der Waals surface area contributed by atoms with Gasteiger partial charge in [-0.15, -0.1) is 0 Å². The standard InChI is InChI=1S/C4H4Cl4O2/c1-2(9)10-3(5)4(6,7)8/h3H,1H3. The molecule has 0 aromatic carbocycles. The monoisotopic (exact) mass is 224 g/mol. The van der Waals surface area contributed by atoms with Crippen molar-refractivity contribution in [2.75, 3.05) is 0 Å². The van der Waals surface area contributed by atoms with E-state index in [0.29, 0.717) is 0 Å². The number of carbonyl (C=O) groups is 1.